The summed E-state index contributed by atoms with van der Waals surface area (Å²) >= 11 is 0. The zero-order chi connectivity index (χ0) is 15.2. The maximum absolute atomic E-state index is 11.4. The lowest BCUT2D eigenvalue weighted by atomic mass is 10.0. The predicted octanol–water partition coefficient (Wildman–Crippen LogP) is 2.86. The average molecular weight is 282 g/mol. The van der Waals surface area contributed by atoms with Gasteiger partial charge in [-0.05, 0) is 24.6 Å². The van der Waals surface area contributed by atoms with Crippen molar-refractivity contribution in [3.63, 3.8) is 0 Å². The van der Waals surface area contributed by atoms with Crippen molar-refractivity contribution >= 4 is 17.4 Å². The quantitative estimate of drug-likeness (QED) is 0.737. The van der Waals surface area contributed by atoms with Crippen LogP contribution >= 0.6 is 0 Å². The van der Waals surface area contributed by atoms with Crippen molar-refractivity contribution in [1.82, 2.24) is 0 Å². The average Bonchev–Trinajstić information content (AvgIpc) is 2.48. The number of hydrogen-bond donors (Lipinski definition) is 3. The fourth-order valence-electron chi connectivity index (χ4n) is 2.00. The largest absolute Gasteiger partial charge is 0.478 e. The van der Waals surface area contributed by atoms with Gasteiger partial charge in [-0.25, -0.2) is 4.79 Å². The first-order valence-electron chi connectivity index (χ1n) is 6.67. The fourth-order valence-corrected chi connectivity index (χ4v) is 2.00. The van der Waals surface area contributed by atoms with E-state index in [-0.39, 0.29) is 12.1 Å². The van der Waals surface area contributed by atoms with E-state index < -0.39 is 5.97 Å². The molecule has 2 aromatic rings. The first-order chi connectivity index (χ1) is 10.1. The smallest absolute Gasteiger partial charge is 0.335 e. The molecule has 0 fully saturated rings. The lowest BCUT2D eigenvalue weighted by Gasteiger charge is -2.15. The Bertz CT molecular complexity index is 646. The van der Waals surface area contributed by atoms with Crippen molar-refractivity contribution < 1.29 is 9.90 Å². The zero-order valence-corrected chi connectivity index (χ0v) is 11.8. The molecule has 108 valence electrons. The molecule has 0 heterocycles. The van der Waals surface area contributed by atoms with Gasteiger partial charge >= 0.3 is 5.97 Å². The highest BCUT2D eigenvalue weighted by atomic mass is 16.4. The van der Waals surface area contributed by atoms with Crippen LogP contribution in [0, 0.1) is 6.92 Å². The summed E-state index contributed by atoms with van der Waals surface area (Å²) in [6, 6.07) is 17.1. The first kappa shape index (κ1) is 14.8. The number of carbonyl (C=O) groups is 1. The third-order valence-corrected chi connectivity index (χ3v) is 3.15. The van der Waals surface area contributed by atoms with Gasteiger partial charge in [-0.2, -0.15) is 0 Å². The van der Waals surface area contributed by atoms with Gasteiger partial charge in [0.25, 0.3) is 0 Å². The molecule has 0 atom stereocenters. The molecule has 0 aliphatic heterocycles. The SMILES string of the molecule is Cc1ccc(/C(Nc2ccccc2)=C(/CN)C(=O)O)cc1. The molecule has 0 unspecified atom stereocenters. The highest BCUT2D eigenvalue weighted by Gasteiger charge is 2.15. The van der Waals surface area contributed by atoms with E-state index in [1.165, 1.54) is 0 Å². The van der Waals surface area contributed by atoms with E-state index in [1.807, 2.05) is 61.5 Å². The molecule has 0 aromatic heterocycles. The number of hydrogen-bond acceptors (Lipinski definition) is 3. The molecule has 0 bridgehead atoms. The van der Waals surface area contributed by atoms with Gasteiger partial charge in [0, 0.05) is 12.2 Å². The highest BCUT2D eigenvalue weighted by molar-refractivity contribution is 5.99. The molecule has 0 saturated carbocycles. The highest BCUT2D eigenvalue weighted by Crippen LogP contribution is 2.22. The zero-order valence-electron chi connectivity index (χ0n) is 11.8. The van der Waals surface area contributed by atoms with Gasteiger partial charge in [0.2, 0.25) is 0 Å². The van der Waals surface area contributed by atoms with Crippen LogP contribution in [0.15, 0.2) is 60.2 Å². The lowest BCUT2D eigenvalue weighted by molar-refractivity contribution is -0.132. The number of rotatable bonds is 5. The number of aliphatic carboxylic acids is 1. The third kappa shape index (κ3) is 3.70. The Labute approximate surface area is 123 Å². The van der Waals surface area contributed by atoms with E-state index in [0.717, 1.165) is 16.8 Å². The van der Waals surface area contributed by atoms with Gasteiger partial charge in [0.05, 0.1) is 11.3 Å². The van der Waals surface area contributed by atoms with Gasteiger partial charge in [0.1, 0.15) is 0 Å². The number of aryl methyl sites for hydroxylation is 1. The molecule has 21 heavy (non-hydrogen) atoms. The minimum absolute atomic E-state index is 0.0433. The van der Waals surface area contributed by atoms with Crippen molar-refractivity contribution in [1.29, 1.82) is 0 Å². The van der Waals surface area contributed by atoms with Crippen molar-refractivity contribution in [2.45, 2.75) is 6.92 Å². The molecule has 0 aliphatic rings. The molecule has 0 radical (unpaired) electrons. The molecule has 4 heteroatoms. The molecule has 2 aromatic carbocycles. The van der Waals surface area contributed by atoms with Crippen LogP contribution in [0.5, 0.6) is 0 Å². The van der Waals surface area contributed by atoms with Crippen LogP contribution in [0.2, 0.25) is 0 Å². The van der Waals surface area contributed by atoms with Gasteiger partial charge in [-0.15, -0.1) is 0 Å². The molecule has 4 N–H and O–H groups in total. The van der Waals surface area contributed by atoms with Crippen LogP contribution < -0.4 is 11.1 Å². The second-order valence-electron chi connectivity index (χ2n) is 4.72. The Kier molecular flexibility index (Phi) is 4.74. The number of nitrogens with one attached hydrogen (secondary N) is 1. The summed E-state index contributed by atoms with van der Waals surface area (Å²) in [5, 5.41) is 12.5. The van der Waals surface area contributed by atoms with Gasteiger partial charge in [-0.3, -0.25) is 0 Å². The number of carboxylic acid groups (broad SMARTS) is 1. The summed E-state index contributed by atoms with van der Waals surface area (Å²) in [5.74, 6) is -1.02. The monoisotopic (exact) mass is 282 g/mol. The summed E-state index contributed by atoms with van der Waals surface area (Å²) in [6.45, 7) is 1.94. The van der Waals surface area contributed by atoms with Crippen molar-refractivity contribution in [3.05, 3.63) is 71.3 Å². The molecular weight excluding hydrogens is 264 g/mol. The molecule has 0 spiro atoms. The number of nitrogens with two attached hydrogens (primary N) is 1. The molecule has 0 amide bonds. The minimum atomic E-state index is -1.02. The van der Waals surface area contributed by atoms with Crippen molar-refractivity contribution in [3.8, 4) is 0 Å². The van der Waals surface area contributed by atoms with E-state index in [4.69, 9.17) is 5.73 Å². The molecule has 4 nitrogen and oxygen atoms in total. The summed E-state index contributed by atoms with van der Waals surface area (Å²) in [4.78, 5) is 11.4. The first-order valence-corrected chi connectivity index (χ1v) is 6.67. The van der Waals surface area contributed by atoms with E-state index in [9.17, 15) is 9.90 Å². The Morgan fingerprint density at radius 3 is 2.24 bits per heavy atom. The fraction of sp³-hybridized carbons (Fsp3) is 0.118. The Morgan fingerprint density at radius 1 is 1.10 bits per heavy atom. The normalized spacial score (nSPS) is 11.7. The van der Waals surface area contributed by atoms with Gasteiger partial charge in [0.15, 0.2) is 0 Å². The minimum Gasteiger partial charge on any atom is -0.478 e. The maximum Gasteiger partial charge on any atom is 0.335 e. The standard InChI is InChI=1S/C17H18N2O2/c1-12-7-9-13(10-8-12)16(15(11-18)17(20)21)19-14-5-3-2-4-6-14/h2-10,19H,11,18H2,1H3,(H,20,21)/b16-15+. The van der Waals surface area contributed by atoms with Crippen molar-refractivity contribution in [2.75, 3.05) is 11.9 Å². The molecule has 2 rings (SSSR count). The second-order valence-corrected chi connectivity index (χ2v) is 4.72. The van der Waals surface area contributed by atoms with Gasteiger partial charge < -0.3 is 16.2 Å². The van der Waals surface area contributed by atoms with Crippen molar-refractivity contribution in [2.24, 2.45) is 5.73 Å². The van der Waals surface area contributed by atoms with E-state index in [0.29, 0.717) is 5.70 Å². The molecule has 0 aliphatic carbocycles. The lowest BCUT2D eigenvalue weighted by Crippen LogP contribution is -2.17. The third-order valence-electron chi connectivity index (χ3n) is 3.15. The summed E-state index contributed by atoms with van der Waals surface area (Å²) in [5.41, 5.74) is 9.03. The van der Waals surface area contributed by atoms with Crippen LogP contribution in [0.1, 0.15) is 11.1 Å². The molecular formula is C17H18N2O2. The van der Waals surface area contributed by atoms with Crippen LogP contribution in [-0.2, 0) is 4.79 Å². The van der Waals surface area contributed by atoms with Gasteiger partial charge in [-0.1, -0.05) is 48.0 Å². The van der Waals surface area contributed by atoms with Crippen LogP contribution in [0.3, 0.4) is 0 Å². The predicted molar refractivity (Wildman–Crippen MR) is 84.9 cm³/mol. The Balaban J connectivity index is 2.49. The maximum atomic E-state index is 11.4. The summed E-state index contributed by atoms with van der Waals surface area (Å²) in [6.07, 6.45) is 0. The summed E-state index contributed by atoms with van der Waals surface area (Å²) < 4.78 is 0. The van der Waals surface area contributed by atoms with E-state index in [2.05, 4.69) is 5.32 Å². The van der Waals surface area contributed by atoms with E-state index in [1.54, 1.807) is 0 Å². The number of benzene rings is 2. The number of para-hydroxylation sites is 1. The topological polar surface area (TPSA) is 75.3 Å². The van der Waals surface area contributed by atoms with Crippen LogP contribution in [0.25, 0.3) is 5.70 Å². The Morgan fingerprint density at radius 2 is 1.71 bits per heavy atom. The second kappa shape index (κ2) is 6.72. The van der Waals surface area contributed by atoms with E-state index >= 15 is 0 Å². The summed E-state index contributed by atoms with van der Waals surface area (Å²) in [7, 11) is 0. The number of carboxylic acids is 1. The number of anilines is 1. The van der Waals surface area contributed by atoms with Crippen LogP contribution in [-0.4, -0.2) is 17.6 Å². The van der Waals surface area contributed by atoms with Crippen LogP contribution in [0.4, 0.5) is 5.69 Å². The molecule has 0 saturated heterocycles. The Hall–Kier alpha value is -2.59.